The van der Waals surface area contributed by atoms with Crippen molar-refractivity contribution in [1.82, 2.24) is 14.2 Å². The van der Waals surface area contributed by atoms with Crippen LogP contribution < -0.4 is 4.72 Å². The normalized spacial score (nSPS) is 12.4. The Morgan fingerprint density at radius 2 is 1.63 bits per heavy atom. The van der Waals surface area contributed by atoms with Crippen LogP contribution in [0.1, 0.15) is 22.9 Å². The Kier molecular flexibility index (Phi) is 6.42. The highest BCUT2D eigenvalue weighted by Crippen LogP contribution is 2.31. The van der Waals surface area contributed by atoms with Gasteiger partial charge in [-0.15, -0.1) is 0 Å². The Morgan fingerprint density at radius 3 is 2.23 bits per heavy atom. The average Bonchev–Trinajstić information content (AvgIpc) is 3.21. The third-order valence-corrected chi connectivity index (χ3v) is 7.09. The van der Waals surface area contributed by atoms with Gasteiger partial charge in [0.2, 0.25) is 10.0 Å². The zero-order valence-electron chi connectivity index (χ0n) is 19.4. The summed E-state index contributed by atoms with van der Waals surface area (Å²) >= 11 is 0. The number of sulfonamides is 1. The van der Waals surface area contributed by atoms with E-state index < -0.39 is 21.0 Å². The highest BCUT2D eigenvalue weighted by Gasteiger charge is 2.29. The summed E-state index contributed by atoms with van der Waals surface area (Å²) in [7, 11) is -0.803. The molecule has 1 N–H and O–H groups in total. The average molecular weight is 493 g/mol. The smallest absolute Gasteiger partial charge is 0.328 e. The van der Waals surface area contributed by atoms with Gasteiger partial charge in [-0.1, -0.05) is 48.0 Å². The predicted octanol–water partition coefficient (Wildman–Crippen LogP) is 4.46. The molecule has 3 aromatic carbocycles. The number of para-hydroxylation sites is 1. The number of aryl methyl sites for hydroxylation is 1. The van der Waals surface area contributed by atoms with Crippen molar-refractivity contribution in [2.24, 2.45) is 0 Å². The number of carbonyl (C=O) groups is 1. The van der Waals surface area contributed by atoms with Gasteiger partial charge >= 0.3 is 6.03 Å². The first-order valence-corrected chi connectivity index (χ1v) is 12.2. The fourth-order valence-corrected chi connectivity index (χ4v) is 5.03. The van der Waals surface area contributed by atoms with Crippen LogP contribution in [0.4, 0.5) is 10.5 Å². The number of carbonyl (C=O) groups excluding carboxylic acids is 1. The highest BCUT2D eigenvalue weighted by atomic mass is 32.2. The predicted molar refractivity (Wildman–Crippen MR) is 133 cm³/mol. The number of rotatable bonds is 6. The van der Waals surface area contributed by atoms with Gasteiger partial charge < -0.3 is 4.90 Å². The molecule has 4 aromatic rings. The molecule has 4 rings (SSSR count). The van der Waals surface area contributed by atoms with Gasteiger partial charge in [0.1, 0.15) is 0 Å². The van der Waals surface area contributed by atoms with E-state index in [0.29, 0.717) is 16.8 Å². The highest BCUT2D eigenvalue weighted by molar-refractivity contribution is 7.89. The maximum atomic E-state index is 13.4. The van der Waals surface area contributed by atoms with Gasteiger partial charge in [-0.3, -0.25) is 14.7 Å². The molecule has 0 aliphatic heterocycles. The van der Waals surface area contributed by atoms with Crippen LogP contribution in [0.3, 0.4) is 0 Å². The second-order valence-electron chi connectivity index (χ2n) is 8.36. The summed E-state index contributed by atoms with van der Waals surface area (Å²) in [5, 5.41) is 11.9. The van der Waals surface area contributed by atoms with E-state index in [2.05, 4.69) is 4.72 Å². The number of hydrogen-bond donors (Lipinski definition) is 1. The van der Waals surface area contributed by atoms with Gasteiger partial charge in [0.25, 0.3) is 5.69 Å². The third-order valence-electron chi connectivity index (χ3n) is 5.65. The molecule has 0 bridgehead atoms. The van der Waals surface area contributed by atoms with Crippen molar-refractivity contribution in [2.45, 2.75) is 17.9 Å². The minimum atomic E-state index is -4.02. The molecule has 0 aliphatic carbocycles. The maximum Gasteiger partial charge on any atom is 0.328 e. The third kappa shape index (κ3) is 4.79. The quantitative estimate of drug-likeness (QED) is 0.315. The molecular formula is C25H24N4O5S. The van der Waals surface area contributed by atoms with E-state index in [9.17, 15) is 23.3 Å². The van der Waals surface area contributed by atoms with E-state index in [1.807, 2.05) is 19.1 Å². The van der Waals surface area contributed by atoms with Crippen LogP contribution in [0.2, 0.25) is 0 Å². The maximum absolute atomic E-state index is 13.4. The van der Waals surface area contributed by atoms with Gasteiger partial charge in [-0.2, -0.15) is 4.72 Å². The fraction of sp³-hybridized carbons (Fsp3) is 0.160. The Balaban J connectivity index is 1.92. The van der Waals surface area contributed by atoms with Gasteiger partial charge in [0, 0.05) is 31.6 Å². The molecule has 9 nitrogen and oxygen atoms in total. The first kappa shape index (κ1) is 24.1. The second-order valence-corrected chi connectivity index (χ2v) is 10.1. The number of nitro benzene ring substituents is 1. The van der Waals surface area contributed by atoms with Crippen LogP contribution in [0.15, 0.2) is 83.8 Å². The summed E-state index contributed by atoms with van der Waals surface area (Å²) in [6.45, 7) is 1.86. The van der Waals surface area contributed by atoms with Crippen molar-refractivity contribution in [2.75, 3.05) is 14.1 Å². The summed E-state index contributed by atoms with van der Waals surface area (Å²) < 4.78 is 30.9. The lowest BCUT2D eigenvalue weighted by molar-refractivity contribution is -0.384. The number of amides is 1. The van der Waals surface area contributed by atoms with Crippen molar-refractivity contribution in [3.05, 3.63) is 106 Å². The summed E-state index contributed by atoms with van der Waals surface area (Å²) in [4.78, 5) is 25.3. The molecule has 180 valence electrons. The molecule has 0 aliphatic rings. The molecule has 35 heavy (non-hydrogen) atoms. The van der Waals surface area contributed by atoms with Crippen LogP contribution in [0, 0.1) is 17.0 Å². The molecule has 0 saturated heterocycles. The van der Waals surface area contributed by atoms with E-state index in [0.717, 1.165) is 10.9 Å². The van der Waals surface area contributed by atoms with Crippen molar-refractivity contribution in [1.29, 1.82) is 0 Å². The minimum absolute atomic E-state index is 0.0663. The van der Waals surface area contributed by atoms with Gasteiger partial charge in [-0.05, 0) is 36.8 Å². The van der Waals surface area contributed by atoms with Crippen molar-refractivity contribution in [3.63, 3.8) is 0 Å². The van der Waals surface area contributed by atoms with E-state index in [-0.39, 0.29) is 16.6 Å². The Bertz CT molecular complexity index is 1510. The van der Waals surface area contributed by atoms with Crippen molar-refractivity contribution >= 4 is 32.6 Å². The molecular weight excluding hydrogens is 468 g/mol. The summed E-state index contributed by atoms with van der Waals surface area (Å²) in [6.07, 6.45) is 0. The SMILES string of the molecule is Cc1ccc(S(=O)(=O)NC(c2ccc([N+](=O)[O-])cc2)c2cc3ccccc3n2C(=O)N(C)C)cc1. The lowest BCUT2D eigenvalue weighted by Crippen LogP contribution is -2.34. The Morgan fingerprint density at radius 1 is 1.00 bits per heavy atom. The van der Waals surface area contributed by atoms with Crippen LogP contribution >= 0.6 is 0 Å². The Hall–Kier alpha value is -4.02. The molecule has 1 aromatic heterocycles. The van der Waals surface area contributed by atoms with Crippen LogP contribution in [0.5, 0.6) is 0 Å². The number of nitrogens with zero attached hydrogens (tertiary/aromatic N) is 3. The van der Waals surface area contributed by atoms with Gasteiger partial charge in [0.15, 0.2) is 0 Å². The summed E-state index contributed by atoms with van der Waals surface area (Å²) in [5.74, 6) is 0. The zero-order valence-corrected chi connectivity index (χ0v) is 20.2. The van der Waals surface area contributed by atoms with Gasteiger partial charge in [-0.25, -0.2) is 13.2 Å². The minimum Gasteiger partial charge on any atom is -0.330 e. The number of aromatic nitrogens is 1. The standard InChI is InChI=1S/C25H24N4O5S/c1-17-8-14-21(15-9-17)35(33,34)26-24(18-10-12-20(13-11-18)29(31)32)23-16-19-6-4-5-7-22(19)28(23)25(30)27(2)3/h4-16,24,26H,1-3H3. The topological polar surface area (TPSA) is 115 Å². The van der Waals surface area contributed by atoms with Crippen LogP contribution in [-0.2, 0) is 10.0 Å². The number of benzene rings is 3. The zero-order chi connectivity index (χ0) is 25.3. The summed E-state index contributed by atoms with van der Waals surface area (Å²) in [5.41, 5.74) is 2.23. The van der Waals surface area contributed by atoms with E-state index >= 15 is 0 Å². The molecule has 1 atom stereocenters. The molecule has 0 spiro atoms. The fourth-order valence-electron chi connectivity index (χ4n) is 3.83. The van der Waals surface area contributed by atoms with Crippen LogP contribution in [-0.4, -0.2) is 42.9 Å². The largest absolute Gasteiger partial charge is 0.330 e. The van der Waals surface area contributed by atoms with Crippen molar-refractivity contribution in [3.8, 4) is 0 Å². The van der Waals surface area contributed by atoms with E-state index in [1.54, 1.807) is 44.4 Å². The molecule has 0 radical (unpaired) electrons. The van der Waals surface area contributed by atoms with E-state index in [4.69, 9.17) is 0 Å². The summed E-state index contributed by atoms with van der Waals surface area (Å²) in [6, 6.07) is 19.6. The van der Waals surface area contributed by atoms with E-state index in [1.165, 1.54) is 45.9 Å². The molecule has 1 unspecified atom stereocenters. The second kappa shape index (κ2) is 9.32. The molecule has 1 amide bonds. The first-order chi connectivity index (χ1) is 16.6. The Labute approximate surface area is 202 Å². The molecule has 0 fully saturated rings. The number of fused-ring (bicyclic) bond motifs is 1. The number of hydrogen-bond acceptors (Lipinski definition) is 5. The lowest BCUT2D eigenvalue weighted by atomic mass is 10.0. The molecule has 1 heterocycles. The first-order valence-electron chi connectivity index (χ1n) is 10.7. The number of non-ortho nitro benzene ring substituents is 1. The monoisotopic (exact) mass is 492 g/mol. The molecule has 10 heteroatoms. The van der Waals surface area contributed by atoms with Gasteiger partial charge in [0.05, 0.1) is 27.1 Å². The lowest BCUT2D eigenvalue weighted by Gasteiger charge is -2.23. The number of nitrogens with one attached hydrogen (secondary N) is 1. The van der Waals surface area contributed by atoms with Crippen LogP contribution in [0.25, 0.3) is 10.9 Å². The number of nitro groups is 1. The molecule has 0 saturated carbocycles. The van der Waals surface area contributed by atoms with Crippen molar-refractivity contribution < 1.29 is 18.1 Å².